The summed E-state index contributed by atoms with van der Waals surface area (Å²) >= 11 is 4.16. The van der Waals surface area contributed by atoms with E-state index in [-0.39, 0.29) is 5.54 Å². The van der Waals surface area contributed by atoms with E-state index in [1.165, 1.54) is 14.7 Å². The van der Waals surface area contributed by atoms with Crippen molar-refractivity contribution >= 4 is 40.3 Å². The minimum Gasteiger partial charge on any atom is -0.473 e. The molecule has 0 saturated carbocycles. The minimum atomic E-state index is -0.0741. The highest BCUT2D eigenvalue weighted by Crippen LogP contribution is 2.27. The van der Waals surface area contributed by atoms with Gasteiger partial charge in [0.25, 0.3) is 0 Å². The molecule has 0 spiro atoms. The Kier molecular flexibility index (Phi) is 4.02. The Hall–Kier alpha value is -0.230. The molecule has 0 unspecified atom stereocenters. The van der Waals surface area contributed by atoms with Crippen LogP contribution >= 0.6 is 34.4 Å². The lowest BCUT2D eigenvalue weighted by Crippen LogP contribution is -2.23. The van der Waals surface area contributed by atoms with Gasteiger partial charge in [-0.2, -0.15) is 11.8 Å². The topological polar surface area (TPSA) is 21.6 Å². The monoisotopic (exact) mass is 361 g/mol. The molecule has 1 aromatic rings. The lowest BCUT2D eigenvalue weighted by molar-refractivity contribution is 0.307. The molecule has 1 aliphatic rings. The van der Waals surface area contributed by atoms with Crippen LogP contribution in [0.1, 0.15) is 25.0 Å². The van der Waals surface area contributed by atoms with Crippen molar-refractivity contribution in [1.82, 2.24) is 0 Å². The van der Waals surface area contributed by atoms with Crippen molar-refractivity contribution in [3.63, 3.8) is 0 Å². The van der Waals surface area contributed by atoms with Crippen LogP contribution in [-0.2, 0) is 11.3 Å². The average Bonchev–Trinajstić information content (AvgIpc) is 2.62. The molecule has 17 heavy (non-hydrogen) atoms. The molecule has 92 valence electrons. The zero-order chi connectivity index (χ0) is 12.5. The third kappa shape index (κ3) is 2.96. The van der Waals surface area contributed by atoms with E-state index >= 15 is 0 Å². The van der Waals surface area contributed by atoms with Crippen LogP contribution in [-0.4, -0.2) is 23.4 Å². The van der Waals surface area contributed by atoms with Crippen LogP contribution in [0.2, 0.25) is 0 Å². The first-order chi connectivity index (χ1) is 8.03. The lowest BCUT2D eigenvalue weighted by atomic mass is 10.1. The van der Waals surface area contributed by atoms with Crippen molar-refractivity contribution in [2.75, 3.05) is 12.0 Å². The summed E-state index contributed by atoms with van der Waals surface area (Å²) in [4.78, 5) is 4.77. The molecular formula is C13H16INOS. The summed E-state index contributed by atoms with van der Waals surface area (Å²) in [5.41, 5.74) is 2.35. The molecule has 0 fully saturated rings. The number of halogens is 1. The molecule has 0 aromatic heterocycles. The van der Waals surface area contributed by atoms with Crippen molar-refractivity contribution in [2.24, 2.45) is 4.99 Å². The number of thioether (sulfide) groups is 1. The van der Waals surface area contributed by atoms with Crippen LogP contribution in [0.4, 0.5) is 0 Å². The van der Waals surface area contributed by atoms with Gasteiger partial charge in [0.2, 0.25) is 5.90 Å². The van der Waals surface area contributed by atoms with Crippen molar-refractivity contribution in [3.05, 3.63) is 32.9 Å². The van der Waals surface area contributed by atoms with Gasteiger partial charge < -0.3 is 4.74 Å². The Bertz CT molecular complexity index is 457. The number of benzene rings is 1. The van der Waals surface area contributed by atoms with Crippen LogP contribution in [0.15, 0.2) is 23.2 Å². The largest absolute Gasteiger partial charge is 0.473 e. The van der Waals surface area contributed by atoms with Crippen LogP contribution in [0.3, 0.4) is 0 Å². The third-order valence-electron chi connectivity index (χ3n) is 2.58. The summed E-state index contributed by atoms with van der Waals surface area (Å²) in [6.45, 7) is 4.95. The molecule has 4 heteroatoms. The summed E-state index contributed by atoms with van der Waals surface area (Å²) < 4.78 is 6.94. The maximum Gasteiger partial charge on any atom is 0.218 e. The number of hydrogen-bond donors (Lipinski definition) is 0. The number of fused-ring (bicyclic) bond motifs is 1. The van der Waals surface area contributed by atoms with E-state index < -0.39 is 0 Å². The third-order valence-corrected chi connectivity index (χ3v) is 4.47. The fourth-order valence-corrected chi connectivity index (χ4v) is 3.45. The normalized spacial score (nSPS) is 17.1. The molecule has 0 bridgehead atoms. The highest BCUT2D eigenvalue weighted by molar-refractivity contribution is 14.1. The van der Waals surface area contributed by atoms with Gasteiger partial charge in [0.15, 0.2) is 0 Å². The van der Waals surface area contributed by atoms with E-state index in [0.29, 0.717) is 6.61 Å². The van der Waals surface area contributed by atoms with Crippen LogP contribution < -0.4 is 0 Å². The van der Waals surface area contributed by atoms with Crippen LogP contribution in [0.25, 0.3) is 0 Å². The summed E-state index contributed by atoms with van der Waals surface area (Å²) in [5.74, 6) is 1.81. The van der Waals surface area contributed by atoms with E-state index in [0.717, 1.165) is 11.7 Å². The quantitative estimate of drug-likeness (QED) is 0.766. The summed E-state index contributed by atoms with van der Waals surface area (Å²) in [5, 5.41) is 0. The Labute approximate surface area is 120 Å². The second-order valence-electron chi connectivity index (χ2n) is 4.73. The first kappa shape index (κ1) is 13.2. The fourth-order valence-electron chi connectivity index (χ4n) is 1.90. The maximum atomic E-state index is 5.72. The molecule has 2 rings (SSSR count). The summed E-state index contributed by atoms with van der Waals surface area (Å²) in [6, 6.07) is 6.28. The highest BCUT2D eigenvalue weighted by atomic mass is 127. The van der Waals surface area contributed by atoms with E-state index in [9.17, 15) is 0 Å². The Morgan fingerprint density at radius 1 is 1.47 bits per heavy atom. The molecule has 0 radical (unpaired) electrons. The maximum absolute atomic E-state index is 5.72. The summed E-state index contributed by atoms with van der Waals surface area (Å²) in [6.07, 6.45) is 2.11. The number of ether oxygens (including phenoxy) is 1. The van der Waals surface area contributed by atoms with Gasteiger partial charge >= 0.3 is 0 Å². The van der Waals surface area contributed by atoms with Crippen LogP contribution in [0, 0.1) is 3.57 Å². The molecule has 1 aromatic carbocycles. The van der Waals surface area contributed by atoms with E-state index in [4.69, 9.17) is 9.73 Å². The van der Waals surface area contributed by atoms with Gasteiger partial charge in [-0.25, -0.2) is 4.99 Å². The molecule has 1 aliphatic heterocycles. The van der Waals surface area contributed by atoms with Gasteiger partial charge in [0.05, 0.1) is 11.1 Å². The predicted octanol–water partition coefficient (Wildman–Crippen LogP) is 3.71. The molecular weight excluding hydrogens is 345 g/mol. The van der Waals surface area contributed by atoms with Gasteiger partial charge in [-0.15, -0.1) is 0 Å². The number of rotatable bonds is 3. The van der Waals surface area contributed by atoms with Gasteiger partial charge in [0.1, 0.15) is 6.61 Å². The first-order valence-corrected chi connectivity index (χ1v) is 8.00. The first-order valence-electron chi connectivity index (χ1n) is 5.53. The molecule has 2 nitrogen and oxygen atoms in total. The standard InChI is InChI=1S/C13H16INOS/c1-13(2,8-17-3)15-12-11-9(7-16-12)5-4-6-10(11)14/h4-6H,7-8H2,1-3H3. The zero-order valence-corrected chi connectivity index (χ0v) is 13.3. The number of aliphatic imine (C=N–C) groups is 1. The highest BCUT2D eigenvalue weighted by Gasteiger charge is 2.25. The molecule has 0 amide bonds. The van der Waals surface area contributed by atoms with Gasteiger partial charge in [-0.1, -0.05) is 12.1 Å². The summed E-state index contributed by atoms with van der Waals surface area (Å²) in [7, 11) is 0. The SMILES string of the molecule is CSCC(C)(C)N=C1OCc2cccc(I)c21. The van der Waals surface area contributed by atoms with Crippen molar-refractivity contribution < 1.29 is 4.74 Å². The molecule has 1 heterocycles. The number of nitrogens with zero attached hydrogens (tertiary/aromatic N) is 1. The second kappa shape index (κ2) is 5.18. The Morgan fingerprint density at radius 2 is 2.24 bits per heavy atom. The number of hydrogen-bond acceptors (Lipinski definition) is 3. The average molecular weight is 361 g/mol. The molecule has 0 saturated heterocycles. The van der Waals surface area contributed by atoms with E-state index in [2.05, 4.69) is 60.9 Å². The van der Waals surface area contributed by atoms with Gasteiger partial charge in [0, 0.05) is 14.9 Å². The van der Waals surface area contributed by atoms with E-state index in [1.54, 1.807) is 0 Å². The zero-order valence-electron chi connectivity index (χ0n) is 10.3. The smallest absolute Gasteiger partial charge is 0.218 e. The van der Waals surface area contributed by atoms with Crippen molar-refractivity contribution in [3.8, 4) is 0 Å². The second-order valence-corrected chi connectivity index (χ2v) is 6.75. The van der Waals surface area contributed by atoms with Crippen molar-refractivity contribution in [2.45, 2.75) is 26.0 Å². The Morgan fingerprint density at radius 3 is 2.94 bits per heavy atom. The van der Waals surface area contributed by atoms with Gasteiger partial charge in [-0.3, -0.25) is 0 Å². The minimum absolute atomic E-state index is 0.0741. The Balaban J connectivity index is 2.36. The molecule has 0 N–H and O–H groups in total. The lowest BCUT2D eigenvalue weighted by Gasteiger charge is -2.19. The molecule has 0 atom stereocenters. The van der Waals surface area contributed by atoms with Crippen molar-refractivity contribution in [1.29, 1.82) is 0 Å². The van der Waals surface area contributed by atoms with Crippen LogP contribution in [0.5, 0.6) is 0 Å². The van der Waals surface area contributed by atoms with Gasteiger partial charge in [-0.05, 0) is 48.8 Å². The van der Waals surface area contributed by atoms with E-state index in [1.807, 2.05) is 11.8 Å². The fraction of sp³-hybridized carbons (Fsp3) is 0.462. The predicted molar refractivity (Wildman–Crippen MR) is 82.9 cm³/mol. The molecule has 0 aliphatic carbocycles.